The Balaban J connectivity index is 1.19. The Morgan fingerprint density at radius 1 is 1.11 bits per heavy atom. The van der Waals surface area contributed by atoms with Gasteiger partial charge in [-0.25, -0.2) is 19.2 Å². The van der Waals surface area contributed by atoms with Crippen LogP contribution >= 0.6 is 11.3 Å². The number of cyclic esters (lactones) is 1. The molecule has 4 aromatic rings. The van der Waals surface area contributed by atoms with Crippen LogP contribution in [-0.2, 0) is 49.7 Å². The number of esters is 1. The van der Waals surface area contributed by atoms with Gasteiger partial charge in [0.15, 0.2) is 0 Å². The number of carbonyl (C=O) groups is 3. The van der Waals surface area contributed by atoms with E-state index in [1.54, 1.807) is 23.9 Å². The lowest BCUT2D eigenvalue weighted by atomic mass is 9.84. The first-order chi connectivity index (χ1) is 30.8. The number of halogens is 5. The third-order valence-corrected chi connectivity index (χ3v) is 14.4. The molecule has 6 bridgehead atoms. The van der Waals surface area contributed by atoms with Crippen LogP contribution in [0.2, 0.25) is 0 Å². The highest BCUT2D eigenvalue weighted by Gasteiger charge is 2.43. The smallest absolute Gasteiger partial charge is 0.401 e. The predicted molar refractivity (Wildman–Crippen MR) is 234 cm³/mol. The number of fused-ring (bicyclic) bond motifs is 6. The van der Waals surface area contributed by atoms with Crippen LogP contribution < -0.4 is 15.6 Å². The van der Waals surface area contributed by atoms with Crippen LogP contribution in [-0.4, -0.2) is 119 Å². The van der Waals surface area contributed by atoms with Crippen molar-refractivity contribution < 1.29 is 45.8 Å². The average molecular weight is 927 g/mol. The molecule has 5 atom stereocenters. The van der Waals surface area contributed by atoms with Crippen molar-refractivity contribution in [3.05, 3.63) is 51.6 Å². The van der Waals surface area contributed by atoms with Crippen molar-refractivity contribution >= 4 is 45.7 Å². The normalized spacial score (nSPS) is 25.3. The van der Waals surface area contributed by atoms with E-state index in [4.69, 9.17) is 19.4 Å². The molecule has 0 radical (unpaired) electrons. The summed E-state index contributed by atoms with van der Waals surface area (Å²) in [6.45, 7) is 7.35. The van der Waals surface area contributed by atoms with E-state index in [-0.39, 0.29) is 50.3 Å². The quantitative estimate of drug-likeness (QED) is 0.152. The van der Waals surface area contributed by atoms with Crippen molar-refractivity contribution in [2.75, 3.05) is 57.9 Å². The van der Waals surface area contributed by atoms with Gasteiger partial charge >= 0.3 is 12.1 Å². The SMILES string of the molecule is CO[C@@H](C)c1ncc(N2CCN(CC(F)(F)F)CC2)cc1-c1c2c3cc(cc4c3n1CC(F)(F)C4)-c1csc(n1)C[C@H](NC(=O)[C@H]1C[C@@H]1C)C(=O)N1CCC[C@H](N1)C(=O)OCC(C)(C)C2. The van der Waals surface area contributed by atoms with E-state index in [9.17, 15) is 27.6 Å². The maximum absolute atomic E-state index is 16.3. The zero-order valence-electron chi connectivity index (χ0n) is 37.2. The van der Waals surface area contributed by atoms with Crippen molar-refractivity contribution in [1.29, 1.82) is 0 Å². The van der Waals surface area contributed by atoms with Gasteiger partial charge in [0.25, 0.3) is 11.8 Å². The Labute approximate surface area is 378 Å². The lowest BCUT2D eigenvalue weighted by Gasteiger charge is -2.36. The topological polar surface area (TPSA) is 134 Å². The third-order valence-electron chi connectivity index (χ3n) is 13.5. The maximum atomic E-state index is 16.3. The van der Waals surface area contributed by atoms with E-state index >= 15 is 8.78 Å². The first-order valence-corrected chi connectivity index (χ1v) is 23.3. The van der Waals surface area contributed by atoms with Crippen molar-refractivity contribution in [3.8, 4) is 22.5 Å². The molecule has 13 nitrogen and oxygen atoms in total. The zero-order valence-corrected chi connectivity index (χ0v) is 38.0. The van der Waals surface area contributed by atoms with Crippen LogP contribution in [0.3, 0.4) is 0 Å². The van der Waals surface area contributed by atoms with Crippen molar-refractivity contribution in [2.24, 2.45) is 17.3 Å². The van der Waals surface area contributed by atoms with E-state index in [0.29, 0.717) is 82.5 Å². The lowest BCUT2D eigenvalue weighted by Crippen LogP contribution is -2.60. The number of aromatic nitrogens is 3. The minimum Gasteiger partial charge on any atom is -0.464 e. The Bertz CT molecular complexity index is 2500. The number of piperazine rings is 1. The van der Waals surface area contributed by atoms with E-state index in [1.807, 2.05) is 50.1 Å². The summed E-state index contributed by atoms with van der Waals surface area (Å²) in [5.41, 5.74) is 7.49. The number of carbonyl (C=O) groups excluding carboxylic acids is 3. The standard InChI is InChI=1S/C46H55F5N8O5S/c1-25-13-30(25)41(60)54-35-17-37-53-36(21-65-37)27-14-28-18-45(47,48)22-58-39(28)31(15-27)33(19-44(3,4)24-64-43(62)34-7-6-8-59(55-34)42(35)61)40(58)32-16-29(20-52-38(32)26(2)63-5)57-11-9-56(10-12-57)23-46(49,50)51/h14-16,20-21,25-26,30,34-35,55H,6-13,17-19,22-24H2,1-5H3,(H,54,60)/t25-,26-,30-,34-,35-/m0/s1. The molecule has 0 spiro atoms. The van der Waals surface area contributed by atoms with Gasteiger partial charge in [-0.15, -0.1) is 11.3 Å². The molecule has 1 aromatic carbocycles. The number of hydrazine groups is 1. The second-order valence-corrected chi connectivity index (χ2v) is 20.3. The van der Waals surface area contributed by atoms with Crippen molar-refractivity contribution in [3.63, 3.8) is 0 Å². The number of nitrogens with one attached hydrogen (secondary N) is 2. The number of hydrogen-bond donors (Lipinski definition) is 2. The molecule has 19 heteroatoms. The van der Waals surface area contributed by atoms with Gasteiger partial charge in [-0.05, 0) is 67.9 Å². The van der Waals surface area contributed by atoms with E-state index in [2.05, 4.69) is 10.7 Å². The lowest BCUT2D eigenvalue weighted by molar-refractivity contribution is -0.155. The number of benzene rings is 1. The molecule has 7 heterocycles. The highest BCUT2D eigenvalue weighted by molar-refractivity contribution is 7.10. The molecule has 3 aromatic heterocycles. The van der Waals surface area contributed by atoms with Crippen LogP contribution in [0.15, 0.2) is 29.8 Å². The predicted octanol–water partition coefficient (Wildman–Crippen LogP) is 6.71. The number of amides is 2. The highest BCUT2D eigenvalue weighted by atomic mass is 32.1. The zero-order chi connectivity index (χ0) is 46.2. The molecule has 65 heavy (non-hydrogen) atoms. The molecule has 4 aliphatic heterocycles. The fraction of sp³-hybridized carbons (Fsp3) is 0.587. The summed E-state index contributed by atoms with van der Waals surface area (Å²) in [4.78, 5) is 54.5. The maximum Gasteiger partial charge on any atom is 0.401 e. The molecule has 2 saturated heterocycles. The summed E-state index contributed by atoms with van der Waals surface area (Å²) < 4.78 is 86.1. The monoisotopic (exact) mass is 926 g/mol. The van der Waals surface area contributed by atoms with Gasteiger partial charge in [0.05, 0.1) is 65.3 Å². The first-order valence-electron chi connectivity index (χ1n) is 22.4. The number of thiazole rings is 1. The van der Waals surface area contributed by atoms with Gasteiger partial charge in [-0.1, -0.05) is 20.8 Å². The summed E-state index contributed by atoms with van der Waals surface area (Å²) in [5, 5.41) is 7.50. The Morgan fingerprint density at radius 3 is 2.57 bits per heavy atom. The molecule has 350 valence electrons. The Kier molecular flexibility index (Phi) is 12.0. The van der Waals surface area contributed by atoms with Crippen molar-refractivity contribution in [1.82, 2.24) is 35.2 Å². The van der Waals surface area contributed by atoms with Gasteiger partial charge in [0.1, 0.15) is 12.1 Å². The largest absolute Gasteiger partial charge is 0.464 e. The number of ether oxygens (including phenoxy) is 2. The van der Waals surface area contributed by atoms with Gasteiger partial charge in [-0.3, -0.25) is 29.3 Å². The third kappa shape index (κ3) is 9.47. The molecule has 5 aliphatic rings. The highest BCUT2D eigenvalue weighted by Crippen LogP contribution is 2.48. The van der Waals surface area contributed by atoms with Gasteiger partial charge in [0.2, 0.25) is 5.91 Å². The number of anilines is 1. The second kappa shape index (κ2) is 17.2. The molecule has 2 N–H and O–H groups in total. The van der Waals surface area contributed by atoms with Crippen LogP contribution in [0.4, 0.5) is 27.6 Å². The second-order valence-electron chi connectivity index (χ2n) is 19.3. The van der Waals surface area contributed by atoms with Crippen LogP contribution in [0.25, 0.3) is 33.4 Å². The first kappa shape index (κ1) is 45.4. The van der Waals surface area contributed by atoms with E-state index in [0.717, 1.165) is 17.4 Å². The Morgan fingerprint density at radius 2 is 1.86 bits per heavy atom. The number of rotatable bonds is 7. The van der Waals surface area contributed by atoms with Gasteiger partial charge < -0.3 is 24.3 Å². The molecule has 2 amide bonds. The molecular formula is C46H55F5N8O5S. The fourth-order valence-corrected chi connectivity index (χ4v) is 10.7. The molecule has 3 fully saturated rings. The summed E-state index contributed by atoms with van der Waals surface area (Å²) >= 11 is 1.31. The molecule has 1 aliphatic carbocycles. The minimum atomic E-state index is -4.32. The number of nitrogens with zero attached hydrogens (tertiary/aromatic N) is 6. The van der Waals surface area contributed by atoms with Crippen molar-refractivity contribution in [2.45, 2.75) is 103 Å². The summed E-state index contributed by atoms with van der Waals surface area (Å²) in [5.74, 6) is -4.28. The van der Waals surface area contributed by atoms with E-state index < -0.39 is 67.1 Å². The number of methoxy groups -OCH3 is 1. The number of alkyl halides is 5. The number of pyridine rings is 1. The van der Waals surface area contributed by atoms with Gasteiger partial charge in [-0.2, -0.15) is 13.2 Å². The summed E-state index contributed by atoms with van der Waals surface area (Å²) in [7, 11) is 1.54. The average Bonchev–Trinajstić information content (AvgIpc) is 3.68. The number of hydrogen-bond acceptors (Lipinski definition) is 11. The summed E-state index contributed by atoms with van der Waals surface area (Å²) in [6, 6.07) is 3.82. The Hall–Kier alpha value is -4.72. The van der Waals surface area contributed by atoms with Gasteiger partial charge in [0, 0.05) is 85.9 Å². The molecule has 1 saturated carbocycles. The van der Waals surface area contributed by atoms with Crippen LogP contribution in [0.5, 0.6) is 0 Å². The minimum absolute atomic E-state index is 0.0394. The summed E-state index contributed by atoms with van der Waals surface area (Å²) in [6.07, 6.45) is -1.71. The van der Waals surface area contributed by atoms with E-state index in [1.165, 1.54) is 21.2 Å². The van der Waals surface area contributed by atoms with Crippen LogP contribution in [0.1, 0.15) is 74.9 Å². The fourth-order valence-electron chi connectivity index (χ4n) is 9.90. The molecule has 9 rings (SSSR count). The molecular weight excluding hydrogens is 872 g/mol. The molecule has 0 unspecified atom stereocenters. The van der Waals surface area contributed by atoms with Crippen LogP contribution in [0, 0.1) is 17.3 Å².